The number of nitrogens with zero attached hydrogens (tertiary/aromatic N) is 6. The van der Waals surface area contributed by atoms with E-state index in [1.165, 1.54) is 4.68 Å². The normalized spacial score (nSPS) is 12.4. The van der Waals surface area contributed by atoms with Gasteiger partial charge in [-0.05, 0) is 37.8 Å². The summed E-state index contributed by atoms with van der Waals surface area (Å²) in [5.74, 6) is 0.281. The summed E-state index contributed by atoms with van der Waals surface area (Å²) < 4.78 is 5.01. The van der Waals surface area contributed by atoms with Crippen molar-refractivity contribution in [1.82, 2.24) is 34.1 Å². The van der Waals surface area contributed by atoms with Crippen LogP contribution in [0.25, 0.3) is 22.4 Å². The van der Waals surface area contributed by atoms with Crippen molar-refractivity contribution in [2.45, 2.75) is 33.2 Å². The van der Waals surface area contributed by atoms with E-state index in [-0.39, 0.29) is 24.0 Å². The minimum absolute atomic E-state index is 0.141. The Kier molecular flexibility index (Phi) is 6.14. The van der Waals surface area contributed by atoms with E-state index in [2.05, 4.69) is 25.5 Å². The maximum absolute atomic E-state index is 13.2. The third-order valence-electron chi connectivity index (χ3n) is 5.67. The summed E-state index contributed by atoms with van der Waals surface area (Å²) in [6.07, 6.45) is 4.90. The molecule has 1 amide bonds. The molecule has 4 aromatic heterocycles. The van der Waals surface area contributed by atoms with Gasteiger partial charge in [-0.2, -0.15) is 5.10 Å². The van der Waals surface area contributed by atoms with Crippen LogP contribution in [0.1, 0.15) is 35.8 Å². The molecule has 0 unspecified atom stereocenters. The number of amides is 1. The van der Waals surface area contributed by atoms with Crippen molar-refractivity contribution in [1.29, 1.82) is 0 Å². The van der Waals surface area contributed by atoms with E-state index in [4.69, 9.17) is 0 Å². The highest BCUT2D eigenvalue weighted by molar-refractivity contribution is 6.04. The molecule has 0 aliphatic heterocycles. The Bertz CT molecular complexity index is 1360. The van der Waals surface area contributed by atoms with Gasteiger partial charge in [0.05, 0.1) is 17.5 Å². The van der Waals surface area contributed by atoms with E-state index in [1.54, 1.807) is 43.2 Å². The highest BCUT2D eigenvalue weighted by Gasteiger charge is 2.19. The SMILES string of the molecule is Cc1cc(C(=O)Nc2nc3cnn(C)c3n2CCC[C@H](C)CO)cc(-c2c[nH]n(C)c2=O)n1. The predicted molar refractivity (Wildman–Crippen MR) is 124 cm³/mol. The molecule has 33 heavy (non-hydrogen) atoms. The van der Waals surface area contributed by atoms with Crippen molar-refractivity contribution < 1.29 is 9.90 Å². The van der Waals surface area contributed by atoms with E-state index in [9.17, 15) is 14.7 Å². The number of aromatic nitrogens is 7. The lowest BCUT2D eigenvalue weighted by Crippen LogP contribution is -2.18. The van der Waals surface area contributed by atoms with Crippen molar-refractivity contribution in [3.8, 4) is 11.3 Å². The van der Waals surface area contributed by atoms with Crippen LogP contribution in [0.15, 0.2) is 29.3 Å². The smallest absolute Gasteiger partial charge is 0.275 e. The molecular formula is C22H28N8O3. The average Bonchev–Trinajstić information content (AvgIpc) is 3.43. The zero-order valence-electron chi connectivity index (χ0n) is 19.2. The van der Waals surface area contributed by atoms with Gasteiger partial charge in [0.15, 0.2) is 5.65 Å². The largest absolute Gasteiger partial charge is 0.396 e. The Hall–Kier alpha value is -3.73. The molecule has 4 aromatic rings. The average molecular weight is 453 g/mol. The topological polar surface area (TPSA) is 136 Å². The number of hydrogen-bond donors (Lipinski definition) is 3. The third-order valence-corrected chi connectivity index (χ3v) is 5.67. The van der Waals surface area contributed by atoms with Crippen LogP contribution in [-0.2, 0) is 20.6 Å². The standard InChI is InChI=1S/C22H28N8O3/c1-13(12-31)6-5-7-30-20-18(11-24-28(20)3)26-22(30)27-19(32)15-8-14(2)25-17(9-15)16-10-23-29(4)21(16)33/h8-11,13,23,31H,5-7,12H2,1-4H3,(H,26,27,32)/t13-/m0/s1. The molecule has 0 radical (unpaired) electrons. The van der Waals surface area contributed by atoms with Gasteiger partial charge in [0.1, 0.15) is 5.52 Å². The molecule has 0 bridgehead atoms. The molecule has 0 aromatic carbocycles. The number of anilines is 1. The van der Waals surface area contributed by atoms with Gasteiger partial charge in [-0.15, -0.1) is 0 Å². The van der Waals surface area contributed by atoms with Gasteiger partial charge in [0.25, 0.3) is 11.5 Å². The number of carbonyl (C=O) groups excluding carboxylic acids is 1. The van der Waals surface area contributed by atoms with Crippen LogP contribution in [0, 0.1) is 12.8 Å². The number of carbonyl (C=O) groups is 1. The van der Waals surface area contributed by atoms with E-state index < -0.39 is 0 Å². The molecule has 11 nitrogen and oxygen atoms in total. The van der Waals surface area contributed by atoms with Gasteiger partial charge in [0, 0.05) is 44.7 Å². The van der Waals surface area contributed by atoms with Gasteiger partial charge in [-0.1, -0.05) is 6.92 Å². The number of imidazole rings is 1. The van der Waals surface area contributed by atoms with Crippen LogP contribution in [0.3, 0.4) is 0 Å². The number of hydrogen-bond acceptors (Lipinski definition) is 6. The van der Waals surface area contributed by atoms with E-state index in [1.807, 2.05) is 18.5 Å². The zero-order valence-corrected chi connectivity index (χ0v) is 19.2. The molecule has 0 fully saturated rings. The number of fused-ring (bicyclic) bond motifs is 1. The van der Waals surface area contributed by atoms with Gasteiger partial charge in [-0.25, -0.2) is 4.98 Å². The highest BCUT2D eigenvalue weighted by Crippen LogP contribution is 2.22. The molecular weight excluding hydrogens is 424 g/mol. The summed E-state index contributed by atoms with van der Waals surface area (Å²) in [5.41, 5.74) is 3.10. The molecule has 1 atom stereocenters. The molecule has 0 saturated heterocycles. The quantitative estimate of drug-likeness (QED) is 0.373. The fourth-order valence-electron chi connectivity index (χ4n) is 3.84. The Morgan fingerprint density at radius 2 is 2.06 bits per heavy atom. The third kappa shape index (κ3) is 4.44. The highest BCUT2D eigenvalue weighted by atomic mass is 16.3. The van der Waals surface area contributed by atoms with Crippen molar-refractivity contribution in [2.24, 2.45) is 20.0 Å². The van der Waals surface area contributed by atoms with Crippen molar-refractivity contribution in [2.75, 3.05) is 11.9 Å². The molecule has 0 saturated carbocycles. The van der Waals surface area contributed by atoms with Crippen molar-refractivity contribution in [3.63, 3.8) is 0 Å². The molecule has 0 spiro atoms. The molecule has 174 valence electrons. The second-order valence-corrected chi connectivity index (χ2v) is 8.38. The number of aliphatic hydroxyl groups is 1. The fraction of sp³-hybridized carbons (Fsp3) is 0.409. The number of H-pyrrole nitrogens is 1. The summed E-state index contributed by atoms with van der Waals surface area (Å²) in [7, 11) is 3.45. The summed E-state index contributed by atoms with van der Waals surface area (Å²) in [5, 5.41) is 19.3. The van der Waals surface area contributed by atoms with Gasteiger partial charge < -0.3 is 10.2 Å². The molecule has 4 heterocycles. The molecule has 0 aliphatic rings. The monoisotopic (exact) mass is 452 g/mol. The van der Waals surface area contributed by atoms with Gasteiger partial charge in [0.2, 0.25) is 5.95 Å². The Morgan fingerprint density at radius 1 is 1.27 bits per heavy atom. The van der Waals surface area contributed by atoms with Crippen LogP contribution >= 0.6 is 0 Å². The van der Waals surface area contributed by atoms with Crippen LogP contribution in [0.4, 0.5) is 5.95 Å². The molecule has 3 N–H and O–H groups in total. The number of aliphatic hydroxyl groups excluding tert-OH is 1. The first-order chi connectivity index (χ1) is 15.8. The minimum Gasteiger partial charge on any atom is -0.396 e. The number of nitrogens with one attached hydrogen (secondary N) is 2. The maximum atomic E-state index is 13.2. The lowest BCUT2D eigenvalue weighted by molar-refractivity contribution is 0.102. The van der Waals surface area contributed by atoms with E-state index in [0.717, 1.165) is 18.5 Å². The number of aromatic amines is 1. The summed E-state index contributed by atoms with van der Waals surface area (Å²) >= 11 is 0. The summed E-state index contributed by atoms with van der Waals surface area (Å²) in [6.45, 7) is 4.54. The van der Waals surface area contributed by atoms with Gasteiger partial charge >= 0.3 is 0 Å². The minimum atomic E-state index is -0.345. The van der Waals surface area contributed by atoms with Crippen LogP contribution in [0.2, 0.25) is 0 Å². The van der Waals surface area contributed by atoms with Gasteiger partial charge in [-0.3, -0.25) is 33.8 Å². The van der Waals surface area contributed by atoms with E-state index in [0.29, 0.717) is 40.5 Å². The Labute approximate surface area is 190 Å². The van der Waals surface area contributed by atoms with Crippen LogP contribution < -0.4 is 10.9 Å². The second kappa shape index (κ2) is 9.02. The number of aryl methyl sites for hydroxylation is 4. The molecule has 4 rings (SSSR count). The Morgan fingerprint density at radius 3 is 2.76 bits per heavy atom. The van der Waals surface area contributed by atoms with Crippen LogP contribution in [0.5, 0.6) is 0 Å². The lowest BCUT2D eigenvalue weighted by Gasteiger charge is -2.13. The first kappa shape index (κ1) is 22.5. The molecule has 0 aliphatic carbocycles. The number of rotatable bonds is 8. The summed E-state index contributed by atoms with van der Waals surface area (Å²) in [6, 6.07) is 3.28. The molecule has 11 heteroatoms. The first-order valence-electron chi connectivity index (χ1n) is 10.8. The fourth-order valence-corrected chi connectivity index (χ4v) is 3.84. The van der Waals surface area contributed by atoms with Crippen molar-refractivity contribution in [3.05, 3.63) is 46.1 Å². The Balaban J connectivity index is 1.63. The zero-order chi connectivity index (χ0) is 23.7. The van der Waals surface area contributed by atoms with Crippen LogP contribution in [-0.4, -0.2) is 51.7 Å². The van der Waals surface area contributed by atoms with E-state index >= 15 is 0 Å². The maximum Gasteiger partial charge on any atom is 0.275 e. The lowest BCUT2D eigenvalue weighted by atomic mass is 10.1. The predicted octanol–water partition coefficient (Wildman–Crippen LogP) is 1.83. The first-order valence-corrected chi connectivity index (χ1v) is 10.8. The number of pyridine rings is 1. The van der Waals surface area contributed by atoms with Crippen molar-refractivity contribution >= 4 is 23.0 Å². The second-order valence-electron chi connectivity index (χ2n) is 8.38. The summed E-state index contributed by atoms with van der Waals surface area (Å²) in [4.78, 5) is 34.5.